The molecule has 0 unspecified atom stereocenters. The number of benzene rings is 2. The van der Waals surface area contributed by atoms with Crippen LogP contribution in [0.3, 0.4) is 0 Å². The summed E-state index contributed by atoms with van der Waals surface area (Å²) in [5.74, 6) is -0.315. The van der Waals surface area contributed by atoms with Gasteiger partial charge in [0.05, 0.1) is 12.7 Å². The van der Waals surface area contributed by atoms with Gasteiger partial charge < -0.3 is 19.6 Å². The van der Waals surface area contributed by atoms with Crippen LogP contribution < -0.4 is 15.7 Å². The number of hydrogen-bond donors (Lipinski definition) is 2. The molecule has 0 bridgehead atoms. The highest BCUT2D eigenvalue weighted by Crippen LogP contribution is 2.33. The Morgan fingerprint density at radius 1 is 1.17 bits per heavy atom. The van der Waals surface area contributed by atoms with Crippen LogP contribution in [-0.2, 0) is 4.79 Å². The second-order valence-corrected chi connectivity index (χ2v) is 6.96. The molecule has 1 amide bonds. The van der Waals surface area contributed by atoms with Crippen molar-refractivity contribution >= 4 is 23.2 Å². The van der Waals surface area contributed by atoms with Gasteiger partial charge in [-0.15, -0.1) is 0 Å². The summed E-state index contributed by atoms with van der Waals surface area (Å²) in [6.07, 6.45) is -0.0731. The maximum atomic E-state index is 12.7. The molecule has 29 heavy (non-hydrogen) atoms. The van der Waals surface area contributed by atoms with E-state index >= 15 is 0 Å². The van der Waals surface area contributed by atoms with E-state index in [2.05, 4.69) is 5.32 Å². The van der Waals surface area contributed by atoms with E-state index in [1.807, 2.05) is 0 Å². The highest BCUT2D eigenvalue weighted by Gasteiger charge is 2.26. The van der Waals surface area contributed by atoms with Crippen molar-refractivity contribution in [2.75, 3.05) is 12.4 Å². The van der Waals surface area contributed by atoms with Crippen molar-refractivity contribution in [1.82, 2.24) is 0 Å². The number of carbonyl (C=O) groups is 1. The molecule has 0 spiro atoms. The normalized spacial score (nSPS) is 11.7. The Kier molecular flexibility index (Phi) is 6.24. The van der Waals surface area contributed by atoms with Crippen LogP contribution in [0.25, 0.3) is 0 Å². The van der Waals surface area contributed by atoms with Gasteiger partial charge in [-0.05, 0) is 48.9 Å². The van der Waals surface area contributed by atoms with E-state index in [1.165, 1.54) is 6.07 Å². The lowest BCUT2D eigenvalue weighted by Gasteiger charge is -2.18. The first-order valence-electron chi connectivity index (χ1n) is 8.90. The molecule has 0 saturated heterocycles. The molecule has 0 saturated carbocycles. The van der Waals surface area contributed by atoms with Crippen LogP contribution in [0.15, 0.2) is 63.8 Å². The summed E-state index contributed by atoms with van der Waals surface area (Å²) in [6.45, 7) is 1.57. The number of nitrogens with one attached hydrogen (secondary N) is 1. The van der Waals surface area contributed by atoms with Crippen LogP contribution in [0.1, 0.15) is 29.2 Å². The maximum Gasteiger partial charge on any atom is 0.343 e. The summed E-state index contributed by atoms with van der Waals surface area (Å²) in [5, 5.41) is 13.7. The predicted octanol–water partition coefficient (Wildman–Crippen LogP) is 4.48. The van der Waals surface area contributed by atoms with Crippen LogP contribution in [0.2, 0.25) is 5.02 Å². The average molecular weight is 414 g/mol. The molecule has 0 aliphatic rings. The summed E-state index contributed by atoms with van der Waals surface area (Å²) < 4.78 is 10.3. The molecule has 2 aromatic carbocycles. The van der Waals surface area contributed by atoms with E-state index in [1.54, 1.807) is 62.6 Å². The maximum absolute atomic E-state index is 12.7. The standard InChI is InChI=1S/C22H20ClNO5/c1-13-11-19(25)21(22(27)29-13)18(14-3-9-17(28-2)10-4-14)12-20(26)24-16-7-5-15(23)6-8-16/h3-11,18,25H,12H2,1-2H3,(H,24,26)/t18-/m1/s1. The second-order valence-electron chi connectivity index (χ2n) is 6.53. The van der Waals surface area contributed by atoms with Crippen LogP contribution in [0.4, 0.5) is 5.69 Å². The number of aryl methyl sites for hydroxylation is 1. The Bertz CT molecular complexity index is 1060. The Morgan fingerprint density at radius 2 is 1.83 bits per heavy atom. The van der Waals surface area contributed by atoms with E-state index in [0.29, 0.717) is 22.0 Å². The number of aromatic hydroxyl groups is 1. The van der Waals surface area contributed by atoms with E-state index < -0.39 is 11.5 Å². The Morgan fingerprint density at radius 3 is 2.41 bits per heavy atom. The van der Waals surface area contributed by atoms with Crippen molar-refractivity contribution in [2.45, 2.75) is 19.3 Å². The van der Waals surface area contributed by atoms with Gasteiger partial charge in [-0.2, -0.15) is 0 Å². The molecule has 7 heteroatoms. The number of carbonyl (C=O) groups excluding carboxylic acids is 1. The van der Waals surface area contributed by atoms with Gasteiger partial charge >= 0.3 is 5.63 Å². The van der Waals surface area contributed by atoms with Crippen LogP contribution >= 0.6 is 11.6 Å². The highest BCUT2D eigenvalue weighted by atomic mass is 35.5. The molecular weight excluding hydrogens is 394 g/mol. The number of amides is 1. The molecule has 0 radical (unpaired) electrons. The van der Waals surface area contributed by atoms with E-state index in [4.69, 9.17) is 20.8 Å². The second kappa shape index (κ2) is 8.84. The Balaban J connectivity index is 1.95. The predicted molar refractivity (Wildman–Crippen MR) is 111 cm³/mol. The van der Waals surface area contributed by atoms with Crippen molar-refractivity contribution in [3.05, 3.63) is 86.9 Å². The van der Waals surface area contributed by atoms with E-state index in [0.717, 1.165) is 0 Å². The summed E-state index contributed by atoms with van der Waals surface area (Å²) in [6, 6.07) is 15.0. The van der Waals surface area contributed by atoms with Crippen LogP contribution in [0, 0.1) is 6.92 Å². The van der Waals surface area contributed by atoms with Crippen LogP contribution in [-0.4, -0.2) is 18.1 Å². The third kappa shape index (κ3) is 4.97. The smallest absolute Gasteiger partial charge is 0.343 e. The lowest BCUT2D eigenvalue weighted by atomic mass is 9.88. The third-order valence-corrected chi connectivity index (χ3v) is 4.73. The van der Waals surface area contributed by atoms with E-state index in [-0.39, 0.29) is 29.4 Å². The number of ether oxygens (including phenoxy) is 1. The fourth-order valence-electron chi connectivity index (χ4n) is 3.08. The van der Waals surface area contributed by atoms with Gasteiger partial charge in [0.1, 0.15) is 17.3 Å². The Hall–Kier alpha value is -3.25. The third-order valence-electron chi connectivity index (χ3n) is 4.47. The highest BCUT2D eigenvalue weighted by molar-refractivity contribution is 6.30. The number of anilines is 1. The van der Waals surface area contributed by atoms with Crippen molar-refractivity contribution in [3.8, 4) is 11.5 Å². The fraction of sp³-hybridized carbons (Fsp3) is 0.182. The monoisotopic (exact) mass is 413 g/mol. The van der Waals surface area contributed by atoms with Crippen molar-refractivity contribution < 1.29 is 19.1 Å². The van der Waals surface area contributed by atoms with E-state index in [9.17, 15) is 14.7 Å². The molecule has 3 aromatic rings. The van der Waals surface area contributed by atoms with Gasteiger partial charge in [-0.1, -0.05) is 23.7 Å². The molecule has 0 fully saturated rings. The molecule has 0 aliphatic heterocycles. The molecule has 2 N–H and O–H groups in total. The lowest BCUT2D eigenvalue weighted by molar-refractivity contribution is -0.116. The summed E-state index contributed by atoms with van der Waals surface area (Å²) >= 11 is 5.87. The molecule has 1 aromatic heterocycles. The molecule has 1 atom stereocenters. The quantitative estimate of drug-likeness (QED) is 0.622. The topological polar surface area (TPSA) is 88.8 Å². The van der Waals surface area contributed by atoms with Crippen molar-refractivity contribution in [1.29, 1.82) is 0 Å². The van der Waals surface area contributed by atoms with Crippen molar-refractivity contribution in [3.63, 3.8) is 0 Å². The number of methoxy groups -OCH3 is 1. The van der Waals surface area contributed by atoms with Gasteiger partial charge in [-0.25, -0.2) is 4.79 Å². The molecule has 150 valence electrons. The first-order chi connectivity index (χ1) is 13.9. The van der Waals surface area contributed by atoms with Gasteiger partial charge in [0, 0.05) is 29.1 Å². The molecule has 0 aliphatic carbocycles. The molecule has 1 heterocycles. The number of hydrogen-bond acceptors (Lipinski definition) is 5. The first kappa shape index (κ1) is 20.5. The largest absolute Gasteiger partial charge is 0.507 e. The van der Waals surface area contributed by atoms with Gasteiger partial charge in [0.2, 0.25) is 5.91 Å². The minimum absolute atomic E-state index is 0.0343. The number of halogens is 1. The SMILES string of the molecule is COc1ccc([C@@H](CC(=O)Nc2ccc(Cl)cc2)c2c(O)cc(C)oc2=O)cc1. The minimum Gasteiger partial charge on any atom is -0.507 e. The molecular formula is C22H20ClNO5. The average Bonchev–Trinajstić information content (AvgIpc) is 2.68. The van der Waals surface area contributed by atoms with Crippen LogP contribution in [0.5, 0.6) is 11.5 Å². The minimum atomic E-state index is -0.704. The van der Waals surface area contributed by atoms with Gasteiger partial charge in [0.25, 0.3) is 0 Å². The zero-order valence-electron chi connectivity index (χ0n) is 15.9. The zero-order chi connectivity index (χ0) is 21.0. The summed E-state index contributed by atoms with van der Waals surface area (Å²) in [5.41, 5.74) is 0.603. The lowest BCUT2D eigenvalue weighted by Crippen LogP contribution is -2.21. The van der Waals surface area contributed by atoms with Gasteiger partial charge in [-0.3, -0.25) is 4.79 Å². The summed E-state index contributed by atoms with van der Waals surface area (Å²) in [4.78, 5) is 25.2. The molecule has 3 rings (SSSR count). The fourth-order valence-corrected chi connectivity index (χ4v) is 3.21. The van der Waals surface area contributed by atoms with Gasteiger partial charge in [0.15, 0.2) is 0 Å². The molecule has 6 nitrogen and oxygen atoms in total. The Labute approximate surface area is 172 Å². The number of rotatable bonds is 6. The zero-order valence-corrected chi connectivity index (χ0v) is 16.7. The van der Waals surface area contributed by atoms with Crippen molar-refractivity contribution in [2.24, 2.45) is 0 Å². The first-order valence-corrected chi connectivity index (χ1v) is 9.28. The summed E-state index contributed by atoms with van der Waals surface area (Å²) in [7, 11) is 1.55.